The Hall–Kier alpha value is -0.950. The van der Waals surface area contributed by atoms with E-state index in [1.807, 2.05) is 0 Å². The third-order valence-electron chi connectivity index (χ3n) is 5.88. The van der Waals surface area contributed by atoms with Crippen molar-refractivity contribution in [1.29, 1.82) is 0 Å². The summed E-state index contributed by atoms with van der Waals surface area (Å²) in [5, 5.41) is 2.96. The zero-order valence-electron chi connectivity index (χ0n) is 19.0. The van der Waals surface area contributed by atoms with Gasteiger partial charge >= 0.3 is 0 Å². The molecule has 0 heterocycles. The van der Waals surface area contributed by atoms with Gasteiger partial charge in [0.25, 0.3) is 0 Å². The first kappa shape index (κ1) is 25.1. The predicted octanol–water partition coefficient (Wildman–Crippen LogP) is 7.72. The van der Waals surface area contributed by atoms with E-state index in [2.05, 4.69) is 78.8 Å². The molecule has 0 radical (unpaired) electrons. The molecule has 0 atom stereocenters. The van der Waals surface area contributed by atoms with Crippen LogP contribution >= 0.6 is 0 Å². The van der Waals surface area contributed by atoms with Gasteiger partial charge in [0.1, 0.15) is 0 Å². The number of aryl methyl sites for hydroxylation is 4. The Morgan fingerprint density at radius 1 is 0.964 bits per heavy atom. The molecule has 0 N–H and O–H groups in total. The molecule has 152 valence electrons. The number of rotatable bonds is 2. The molecule has 0 nitrogen and oxygen atoms in total. The van der Waals surface area contributed by atoms with E-state index in [1.165, 1.54) is 58.7 Å². The van der Waals surface area contributed by atoms with E-state index in [1.54, 1.807) is 23.6 Å². The minimum absolute atomic E-state index is 0. The Morgan fingerprint density at radius 3 is 1.96 bits per heavy atom. The molecule has 0 spiro atoms. The zero-order valence-corrected chi connectivity index (χ0v) is 22.6. The molecule has 0 bridgehead atoms. The van der Waals surface area contributed by atoms with Crippen molar-refractivity contribution in [3.8, 4) is 0 Å². The second-order valence-electron chi connectivity index (χ2n) is 8.28. The van der Waals surface area contributed by atoms with Gasteiger partial charge in [0, 0.05) is 25.8 Å². The first-order valence-corrected chi connectivity index (χ1v) is 10.5. The molecule has 3 aromatic rings. The Balaban J connectivity index is 0.000000282. The van der Waals surface area contributed by atoms with Crippen LogP contribution in [0, 0.1) is 40.5 Å². The standard InChI is InChI=1S/C16H19.C9H13.C2H5.Hf/c1-11(2)8-14-6-7-15-9-12-4-3-5-13(12)10-16(14)15;1-6-5-7(2)9(4)8(6)3;1-2;/h6-7,9-11H,3-5,8H2,1-2H3;5H,1-4H3;1H2,2H3;/q3*-1;. The summed E-state index contributed by atoms with van der Waals surface area (Å²) in [6, 6.07) is 11.7. The molecule has 0 amide bonds. The average Bonchev–Trinajstić information content (AvgIpc) is 3.31. The summed E-state index contributed by atoms with van der Waals surface area (Å²) in [4.78, 5) is 0. The quantitative estimate of drug-likeness (QED) is 0.231. The fourth-order valence-electron chi connectivity index (χ4n) is 4.09. The molecule has 0 unspecified atom stereocenters. The summed E-state index contributed by atoms with van der Waals surface area (Å²) in [5.41, 5.74) is 10.5. The summed E-state index contributed by atoms with van der Waals surface area (Å²) >= 11 is 0. The minimum atomic E-state index is 0. The van der Waals surface area contributed by atoms with Crippen LogP contribution in [0.25, 0.3) is 10.8 Å². The van der Waals surface area contributed by atoms with Crippen LogP contribution in [0.15, 0.2) is 30.3 Å². The van der Waals surface area contributed by atoms with Gasteiger partial charge in [-0.1, -0.05) is 65.0 Å². The van der Waals surface area contributed by atoms with Crippen LogP contribution in [0.2, 0.25) is 0 Å². The van der Waals surface area contributed by atoms with Crippen molar-refractivity contribution >= 4 is 10.8 Å². The molecular formula is C27H37Hf-3. The molecule has 0 aromatic heterocycles. The van der Waals surface area contributed by atoms with Crippen molar-refractivity contribution < 1.29 is 25.8 Å². The van der Waals surface area contributed by atoms with E-state index in [9.17, 15) is 0 Å². The van der Waals surface area contributed by atoms with Crippen LogP contribution in [0.3, 0.4) is 0 Å². The molecule has 1 aliphatic rings. The van der Waals surface area contributed by atoms with Crippen LogP contribution in [0.5, 0.6) is 0 Å². The van der Waals surface area contributed by atoms with Crippen molar-refractivity contribution in [2.24, 2.45) is 5.92 Å². The first-order chi connectivity index (χ1) is 12.9. The van der Waals surface area contributed by atoms with Crippen LogP contribution in [-0.4, -0.2) is 0 Å². The monoisotopic (exact) mass is 541 g/mol. The largest absolute Gasteiger partial charge is 0.346 e. The summed E-state index contributed by atoms with van der Waals surface area (Å²) < 4.78 is 0. The van der Waals surface area contributed by atoms with E-state index in [0.717, 1.165) is 5.92 Å². The predicted molar refractivity (Wildman–Crippen MR) is 122 cm³/mol. The van der Waals surface area contributed by atoms with Gasteiger partial charge in [-0.25, -0.2) is 0 Å². The van der Waals surface area contributed by atoms with Crippen LogP contribution in [-0.2, 0) is 45.1 Å². The smallest absolute Gasteiger partial charge is 0 e. The maximum absolute atomic E-state index is 3.25. The van der Waals surface area contributed by atoms with Gasteiger partial charge < -0.3 is 6.92 Å². The zero-order chi connectivity index (χ0) is 20.1. The maximum Gasteiger partial charge on any atom is 0 e. The number of fused-ring (bicyclic) bond motifs is 2. The fraction of sp³-hybridized carbons (Fsp3) is 0.444. The topological polar surface area (TPSA) is 0 Å². The summed E-state index contributed by atoms with van der Waals surface area (Å²) in [6.45, 7) is 18.3. The SMILES string of the molecule is CC(C)C[c-]1ccc2cc3c(cc21)CCC3.Cc1[cH-]c(C)c(C)c1C.[CH2-]C.[Hf]. The molecule has 1 heteroatoms. The minimum Gasteiger partial charge on any atom is -0.346 e. The van der Waals surface area contributed by atoms with Crippen LogP contribution in [0.1, 0.15) is 66.1 Å². The molecule has 3 aromatic carbocycles. The van der Waals surface area contributed by atoms with Gasteiger partial charge in [-0.2, -0.15) is 41.3 Å². The van der Waals surface area contributed by atoms with E-state index in [-0.39, 0.29) is 25.8 Å². The number of benzene rings is 1. The van der Waals surface area contributed by atoms with E-state index in [4.69, 9.17) is 0 Å². The second-order valence-corrected chi connectivity index (χ2v) is 8.28. The van der Waals surface area contributed by atoms with Crippen molar-refractivity contribution in [3.63, 3.8) is 0 Å². The van der Waals surface area contributed by atoms with Gasteiger partial charge in [0.05, 0.1) is 0 Å². The molecule has 0 saturated heterocycles. The van der Waals surface area contributed by atoms with Gasteiger partial charge in [-0.3, -0.25) is 0 Å². The van der Waals surface area contributed by atoms with Gasteiger partial charge in [0.2, 0.25) is 0 Å². The Bertz CT molecular complexity index is 851. The van der Waals surface area contributed by atoms with Crippen molar-refractivity contribution in [1.82, 2.24) is 0 Å². The van der Waals surface area contributed by atoms with Crippen molar-refractivity contribution in [3.05, 3.63) is 76.2 Å². The fourth-order valence-corrected chi connectivity index (χ4v) is 4.09. The van der Waals surface area contributed by atoms with Gasteiger partial charge in [0.15, 0.2) is 0 Å². The van der Waals surface area contributed by atoms with E-state index < -0.39 is 0 Å². The van der Waals surface area contributed by atoms with Crippen molar-refractivity contribution in [2.75, 3.05) is 0 Å². The normalized spacial score (nSPS) is 12.0. The molecule has 0 fully saturated rings. The van der Waals surface area contributed by atoms with Gasteiger partial charge in [-0.05, 0) is 19.3 Å². The molecule has 0 saturated carbocycles. The molecule has 1 aliphatic carbocycles. The molecule has 4 rings (SSSR count). The Morgan fingerprint density at radius 2 is 1.50 bits per heavy atom. The second kappa shape index (κ2) is 11.3. The molecule has 0 aliphatic heterocycles. The third-order valence-corrected chi connectivity index (χ3v) is 5.88. The van der Waals surface area contributed by atoms with Gasteiger partial charge in [-0.15, -0.1) is 34.5 Å². The third kappa shape index (κ3) is 5.78. The van der Waals surface area contributed by atoms with E-state index >= 15 is 0 Å². The maximum atomic E-state index is 3.25. The first-order valence-electron chi connectivity index (χ1n) is 10.5. The van der Waals surface area contributed by atoms with Crippen LogP contribution in [0.4, 0.5) is 0 Å². The van der Waals surface area contributed by atoms with E-state index in [0.29, 0.717) is 0 Å². The number of hydrogen-bond acceptors (Lipinski definition) is 0. The summed E-state index contributed by atoms with van der Waals surface area (Å²) in [5.74, 6) is 0.749. The van der Waals surface area contributed by atoms with Crippen LogP contribution < -0.4 is 0 Å². The average molecular weight is 540 g/mol. The number of hydrogen-bond donors (Lipinski definition) is 0. The molecule has 28 heavy (non-hydrogen) atoms. The Labute approximate surface area is 192 Å². The summed E-state index contributed by atoms with van der Waals surface area (Å²) in [6.07, 6.45) is 5.14. The van der Waals surface area contributed by atoms with Crippen molar-refractivity contribution in [2.45, 2.75) is 74.1 Å². The molecular weight excluding hydrogens is 503 g/mol. The Kier molecular flexibility index (Phi) is 10.1. The summed E-state index contributed by atoms with van der Waals surface area (Å²) in [7, 11) is 0.